The molecule has 1 saturated heterocycles. The molecule has 1 fully saturated rings. The fourth-order valence-corrected chi connectivity index (χ4v) is 4.49. The number of fused-ring (bicyclic) bond motifs is 1. The van der Waals surface area contributed by atoms with Gasteiger partial charge in [-0.1, -0.05) is 23.4 Å². The molecule has 1 aliphatic rings. The zero-order valence-corrected chi connectivity index (χ0v) is 15.1. The van der Waals surface area contributed by atoms with Crippen LogP contribution in [0.3, 0.4) is 0 Å². The van der Waals surface area contributed by atoms with E-state index < -0.39 is 0 Å². The highest BCUT2D eigenvalue weighted by Gasteiger charge is 2.37. The Morgan fingerprint density at radius 1 is 1.40 bits per heavy atom. The Morgan fingerprint density at radius 2 is 2.24 bits per heavy atom. The maximum atomic E-state index is 13.0. The summed E-state index contributed by atoms with van der Waals surface area (Å²) in [6.45, 7) is 3.19. The molecule has 3 aromatic rings. The van der Waals surface area contributed by atoms with E-state index in [2.05, 4.69) is 5.16 Å². The van der Waals surface area contributed by atoms with E-state index >= 15 is 0 Å². The van der Waals surface area contributed by atoms with Crippen LogP contribution in [0.2, 0.25) is 0 Å². The molecule has 2 atom stereocenters. The van der Waals surface area contributed by atoms with Crippen LogP contribution >= 0.6 is 11.3 Å². The fraction of sp³-hybridized carbons (Fsp3) is 0.368. The van der Waals surface area contributed by atoms with Gasteiger partial charge < -0.3 is 14.2 Å². The first-order valence-electron chi connectivity index (χ1n) is 8.36. The number of hydrogen-bond acceptors (Lipinski definition) is 5. The van der Waals surface area contributed by atoms with E-state index in [1.165, 1.54) is 0 Å². The summed E-state index contributed by atoms with van der Waals surface area (Å²) < 4.78 is 12.1. The SMILES string of the molecule is COC1CN(C(=O)c2csc3ccccc23)CC1Cc1cc(C)no1. The Balaban J connectivity index is 1.54. The molecule has 0 bridgehead atoms. The fourth-order valence-electron chi connectivity index (χ4n) is 3.55. The van der Waals surface area contributed by atoms with Gasteiger partial charge in [0.25, 0.3) is 5.91 Å². The molecule has 5 nitrogen and oxygen atoms in total. The van der Waals surface area contributed by atoms with Crippen molar-refractivity contribution in [1.82, 2.24) is 10.1 Å². The van der Waals surface area contributed by atoms with Crippen LogP contribution in [0.4, 0.5) is 0 Å². The van der Waals surface area contributed by atoms with E-state index in [-0.39, 0.29) is 17.9 Å². The molecular formula is C19H20N2O3S. The lowest BCUT2D eigenvalue weighted by molar-refractivity contribution is 0.0674. The topological polar surface area (TPSA) is 55.6 Å². The van der Waals surface area contributed by atoms with E-state index in [1.54, 1.807) is 18.4 Å². The van der Waals surface area contributed by atoms with Crippen molar-refractivity contribution in [2.45, 2.75) is 19.4 Å². The predicted molar refractivity (Wildman–Crippen MR) is 97.0 cm³/mol. The van der Waals surface area contributed by atoms with Crippen molar-refractivity contribution in [3.63, 3.8) is 0 Å². The van der Waals surface area contributed by atoms with Gasteiger partial charge in [0.1, 0.15) is 5.76 Å². The van der Waals surface area contributed by atoms with Crippen molar-refractivity contribution in [2.24, 2.45) is 5.92 Å². The van der Waals surface area contributed by atoms with Gasteiger partial charge in [0.15, 0.2) is 0 Å². The third-order valence-electron chi connectivity index (χ3n) is 4.82. The maximum absolute atomic E-state index is 13.0. The lowest BCUT2D eigenvalue weighted by Gasteiger charge is -2.15. The third-order valence-corrected chi connectivity index (χ3v) is 5.79. The normalized spacial score (nSPS) is 20.5. The summed E-state index contributed by atoms with van der Waals surface area (Å²) in [5.41, 5.74) is 1.66. The van der Waals surface area contributed by atoms with Crippen LogP contribution in [0.25, 0.3) is 10.1 Å². The summed E-state index contributed by atoms with van der Waals surface area (Å²) in [6, 6.07) is 9.98. The Hall–Kier alpha value is -2.18. The smallest absolute Gasteiger partial charge is 0.255 e. The molecular weight excluding hydrogens is 336 g/mol. The standard InChI is InChI=1S/C19H20N2O3S/c1-12-7-14(24-20-12)8-13-9-21(10-17(13)23-2)19(22)16-11-25-18-6-4-3-5-15(16)18/h3-7,11,13,17H,8-10H2,1-2H3. The molecule has 3 heterocycles. The molecule has 2 aromatic heterocycles. The maximum Gasteiger partial charge on any atom is 0.255 e. The number of benzene rings is 1. The minimum Gasteiger partial charge on any atom is -0.379 e. The molecule has 1 amide bonds. The highest BCUT2D eigenvalue weighted by Crippen LogP contribution is 2.30. The first kappa shape index (κ1) is 16.3. The predicted octanol–water partition coefficient (Wildman–Crippen LogP) is 3.53. The molecule has 1 aromatic carbocycles. The number of methoxy groups -OCH3 is 1. The molecule has 25 heavy (non-hydrogen) atoms. The number of likely N-dealkylation sites (tertiary alicyclic amines) is 1. The lowest BCUT2D eigenvalue weighted by Crippen LogP contribution is -2.29. The van der Waals surface area contributed by atoms with Gasteiger partial charge in [-0.05, 0) is 13.0 Å². The Bertz CT molecular complexity index is 901. The first-order chi connectivity index (χ1) is 12.2. The molecule has 0 saturated carbocycles. The Morgan fingerprint density at radius 3 is 3.00 bits per heavy atom. The quantitative estimate of drug-likeness (QED) is 0.718. The number of thiophene rings is 1. The van der Waals surface area contributed by atoms with Crippen molar-refractivity contribution >= 4 is 27.3 Å². The molecule has 2 unspecified atom stereocenters. The minimum atomic E-state index is 0.0132. The number of nitrogens with zero attached hydrogens (tertiary/aromatic N) is 2. The largest absolute Gasteiger partial charge is 0.379 e. The van der Waals surface area contributed by atoms with Crippen LogP contribution < -0.4 is 0 Å². The van der Waals surface area contributed by atoms with Crippen LogP contribution in [0.1, 0.15) is 21.8 Å². The van der Waals surface area contributed by atoms with Crippen LogP contribution in [0.5, 0.6) is 0 Å². The van der Waals surface area contributed by atoms with Gasteiger partial charge in [-0.25, -0.2) is 0 Å². The van der Waals surface area contributed by atoms with Crippen molar-refractivity contribution in [3.8, 4) is 0 Å². The summed E-state index contributed by atoms with van der Waals surface area (Å²) in [5, 5.41) is 6.93. The van der Waals surface area contributed by atoms with Crippen molar-refractivity contribution < 1.29 is 14.1 Å². The highest BCUT2D eigenvalue weighted by atomic mass is 32.1. The number of carbonyl (C=O) groups excluding carboxylic acids is 1. The molecule has 0 aliphatic carbocycles. The summed E-state index contributed by atoms with van der Waals surface area (Å²) >= 11 is 1.61. The van der Waals surface area contributed by atoms with Gasteiger partial charge in [-0.3, -0.25) is 4.79 Å². The van der Waals surface area contributed by atoms with E-state index in [4.69, 9.17) is 9.26 Å². The van der Waals surface area contributed by atoms with Gasteiger partial charge in [0, 0.05) is 54.1 Å². The number of amides is 1. The molecule has 130 valence electrons. The number of aryl methyl sites for hydroxylation is 1. The van der Waals surface area contributed by atoms with Crippen molar-refractivity contribution in [3.05, 3.63) is 52.7 Å². The summed E-state index contributed by atoms with van der Waals surface area (Å²) in [5.74, 6) is 1.14. The third kappa shape index (κ3) is 3.07. The average Bonchev–Trinajstić information content (AvgIpc) is 3.33. The number of aromatic nitrogens is 1. The molecule has 6 heteroatoms. The van der Waals surface area contributed by atoms with E-state index in [0.29, 0.717) is 13.1 Å². The zero-order valence-electron chi connectivity index (χ0n) is 14.3. The van der Waals surface area contributed by atoms with Gasteiger partial charge >= 0.3 is 0 Å². The monoisotopic (exact) mass is 356 g/mol. The molecule has 1 aliphatic heterocycles. The summed E-state index contributed by atoms with van der Waals surface area (Å²) in [4.78, 5) is 14.9. The summed E-state index contributed by atoms with van der Waals surface area (Å²) in [6.07, 6.45) is 0.743. The van der Waals surface area contributed by atoms with Gasteiger partial charge in [0.2, 0.25) is 0 Å². The number of hydrogen-bond donors (Lipinski definition) is 0. The van der Waals surface area contributed by atoms with Gasteiger partial charge in [-0.2, -0.15) is 0 Å². The van der Waals surface area contributed by atoms with Crippen LogP contribution in [-0.2, 0) is 11.2 Å². The van der Waals surface area contributed by atoms with Crippen LogP contribution in [0, 0.1) is 12.8 Å². The second kappa shape index (κ2) is 6.61. The zero-order chi connectivity index (χ0) is 17.4. The average molecular weight is 356 g/mol. The molecule has 0 N–H and O–H groups in total. The van der Waals surface area contributed by atoms with E-state index in [1.807, 2.05) is 47.5 Å². The molecule has 4 rings (SSSR count). The molecule has 0 spiro atoms. The number of carbonyl (C=O) groups is 1. The summed E-state index contributed by atoms with van der Waals surface area (Å²) in [7, 11) is 1.71. The molecule has 0 radical (unpaired) electrons. The second-order valence-electron chi connectivity index (χ2n) is 6.53. The van der Waals surface area contributed by atoms with Crippen LogP contribution in [-0.4, -0.2) is 42.3 Å². The van der Waals surface area contributed by atoms with Crippen LogP contribution in [0.15, 0.2) is 40.2 Å². The van der Waals surface area contributed by atoms with Gasteiger partial charge in [0.05, 0.1) is 17.4 Å². The minimum absolute atomic E-state index is 0.0132. The van der Waals surface area contributed by atoms with E-state index in [0.717, 1.165) is 33.5 Å². The Kier molecular flexibility index (Phi) is 4.31. The number of rotatable bonds is 4. The lowest BCUT2D eigenvalue weighted by atomic mass is 10.0. The second-order valence-corrected chi connectivity index (χ2v) is 7.44. The van der Waals surface area contributed by atoms with Crippen molar-refractivity contribution in [2.75, 3.05) is 20.2 Å². The van der Waals surface area contributed by atoms with Gasteiger partial charge in [-0.15, -0.1) is 11.3 Å². The first-order valence-corrected chi connectivity index (χ1v) is 9.24. The van der Waals surface area contributed by atoms with Crippen molar-refractivity contribution in [1.29, 1.82) is 0 Å². The Labute approximate surface area is 150 Å². The number of ether oxygens (including phenoxy) is 1. The van der Waals surface area contributed by atoms with E-state index in [9.17, 15) is 4.79 Å². The highest BCUT2D eigenvalue weighted by molar-refractivity contribution is 7.17.